The van der Waals surface area contributed by atoms with Gasteiger partial charge in [0.05, 0.1) is 23.5 Å². The summed E-state index contributed by atoms with van der Waals surface area (Å²) < 4.78 is 30.0. The van der Waals surface area contributed by atoms with Crippen LogP contribution in [0.5, 0.6) is 0 Å². The summed E-state index contributed by atoms with van der Waals surface area (Å²) in [6.45, 7) is 1.65. The number of carbonyl (C=O) groups is 1. The molecule has 0 atom stereocenters. The van der Waals surface area contributed by atoms with Gasteiger partial charge in [0.2, 0.25) is 0 Å². The van der Waals surface area contributed by atoms with Crippen LogP contribution in [0.4, 0.5) is 14.5 Å². The Labute approximate surface area is 115 Å². The van der Waals surface area contributed by atoms with Gasteiger partial charge in [-0.15, -0.1) is 0 Å². The summed E-state index contributed by atoms with van der Waals surface area (Å²) in [5.41, 5.74) is -1.86. The number of esters is 1. The van der Waals surface area contributed by atoms with Crippen LogP contribution in [0.25, 0.3) is 0 Å². The van der Waals surface area contributed by atoms with E-state index in [0.717, 1.165) is 0 Å². The van der Waals surface area contributed by atoms with E-state index in [0.29, 0.717) is 6.20 Å². The predicted molar refractivity (Wildman–Crippen MR) is 63.9 cm³/mol. The minimum Gasteiger partial charge on any atom is -0.466 e. The first-order chi connectivity index (χ1) is 8.88. The van der Waals surface area contributed by atoms with E-state index in [4.69, 9.17) is 0 Å². The third kappa shape index (κ3) is 3.66. The second kappa shape index (κ2) is 6.50. The number of carbonyl (C=O) groups excluding carboxylic acids is 1. The van der Waals surface area contributed by atoms with Gasteiger partial charge >= 0.3 is 5.97 Å². The van der Waals surface area contributed by atoms with E-state index in [1.165, 1.54) is 0 Å². The van der Waals surface area contributed by atoms with Crippen LogP contribution in [0.3, 0.4) is 0 Å². The maximum atomic E-state index is 12.7. The Bertz CT molecular complexity index is 511. The molecular formula is C10H9BrF2N2O4. The van der Waals surface area contributed by atoms with Crippen molar-refractivity contribution < 1.29 is 23.2 Å². The Morgan fingerprint density at radius 3 is 2.74 bits per heavy atom. The highest BCUT2D eigenvalue weighted by atomic mass is 79.9. The average molecular weight is 339 g/mol. The van der Waals surface area contributed by atoms with Gasteiger partial charge < -0.3 is 4.74 Å². The minimum absolute atomic E-state index is 0.0309. The van der Waals surface area contributed by atoms with E-state index >= 15 is 0 Å². The summed E-state index contributed by atoms with van der Waals surface area (Å²) in [4.78, 5) is 24.9. The zero-order chi connectivity index (χ0) is 14.6. The van der Waals surface area contributed by atoms with Gasteiger partial charge in [0, 0.05) is 6.20 Å². The van der Waals surface area contributed by atoms with Crippen molar-refractivity contribution in [2.45, 2.75) is 19.8 Å². The van der Waals surface area contributed by atoms with E-state index in [1.54, 1.807) is 6.92 Å². The SMILES string of the molecule is CCOC(=O)Cc1c(Br)ncc(C(F)F)c1[N+](=O)[O-]. The minimum atomic E-state index is -3.05. The fraction of sp³-hybridized carbons (Fsp3) is 0.400. The first kappa shape index (κ1) is 15.4. The number of aromatic nitrogens is 1. The molecule has 0 aromatic carbocycles. The number of nitro groups is 1. The van der Waals surface area contributed by atoms with Crippen LogP contribution < -0.4 is 0 Å². The van der Waals surface area contributed by atoms with E-state index in [-0.39, 0.29) is 16.8 Å². The lowest BCUT2D eigenvalue weighted by Gasteiger charge is -2.08. The van der Waals surface area contributed by atoms with Gasteiger partial charge in [0.15, 0.2) is 0 Å². The molecule has 0 spiro atoms. The lowest BCUT2D eigenvalue weighted by molar-refractivity contribution is -0.387. The summed E-state index contributed by atoms with van der Waals surface area (Å²) in [7, 11) is 0. The van der Waals surface area contributed by atoms with Gasteiger partial charge in [0.25, 0.3) is 12.1 Å². The molecule has 0 aliphatic rings. The predicted octanol–water partition coefficient (Wildman–Crippen LogP) is 2.80. The molecule has 104 valence electrons. The molecule has 0 amide bonds. The van der Waals surface area contributed by atoms with Gasteiger partial charge in [-0.3, -0.25) is 14.9 Å². The number of halogens is 3. The van der Waals surface area contributed by atoms with Crippen LogP contribution in [0, 0.1) is 10.1 Å². The highest BCUT2D eigenvalue weighted by Crippen LogP contribution is 2.34. The molecule has 0 aliphatic heterocycles. The summed E-state index contributed by atoms with van der Waals surface area (Å²) in [6.07, 6.45) is -2.85. The molecule has 19 heavy (non-hydrogen) atoms. The zero-order valence-corrected chi connectivity index (χ0v) is 11.3. The number of alkyl halides is 2. The van der Waals surface area contributed by atoms with E-state index in [9.17, 15) is 23.7 Å². The standard InChI is InChI=1S/C10H9BrF2N2O4/c1-2-19-7(16)3-5-8(15(17)18)6(10(12)13)4-14-9(5)11/h4,10H,2-3H2,1H3. The third-order valence-electron chi connectivity index (χ3n) is 2.17. The number of pyridine rings is 1. The molecule has 1 aromatic rings. The fourth-order valence-electron chi connectivity index (χ4n) is 1.43. The molecule has 6 nitrogen and oxygen atoms in total. The fourth-order valence-corrected chi connectivity index (χ4v) is 1.86. The van der Waals surface area contributed by atoms with Crippen molar-refractivity contribution in [2.75, 3.05) is 6.61 Å². The van der Waals surface area contributed by atoms with E-state index in [2.05, 4.69) is 25.7 Å². The second-order valence-corrected chi connectivity index (χ2v) is 4.12. The first-order valence-electron chi connectivity index (χ1n) is 5.13. The van der Waals surface area contributed by atoms with Crippen LogP contribution in [-0.4, -0.2) is 22.5 Å². The first-order valence-corrected chi connectivity index (χ1v) is 5.93. The molecule has 1 aromatic heterocycles. The van der Waals surface area contributed by atoms with Gasteiger partial charge in [-0.05, 0) is 22.9 Å². The van der Waals surface area contributed by atoms with Crippen LogP contribution in [0.1, 0.15) is 24.5 Å². The van der Waals surface area contributed by atoms with Crippen LogP contribution in [0.15, 0.2) is 10.8 Å². The van der Waals surface area contributed by atoms with Gasteiger partial charge in [-0.2, -0.15) is 0 Å². The van der Waals surface area contributed by atoms with Crippen molar-refractivity contribution in [1.82, 2.24) is 4.98 Å². The Morgan fingerprint density at radius 2 is 2.26 bits per heavy atom. The Kier molecular flexibility index (Phi) is 5.28. The highest BCUT2D eigenvalue weighted by molar-refractivity contribution is 9.10. The lowest BCUT2D eigenvalue weighted by atomic mass is 10.1. The van der Waals surface area contributed by atoms with Crippen LogP contribution in [0.2, 0.25) is 0 Å². The molecule has 1 heterocycles. The molecular weight excluding hydrogens is 330 g/mol. The average Bonchev–Trinajstić information content (AvgIpc) is 2.31. The molecule has 9 heteroatoms. The Morgan fingerprint density at radius 1 is 1.63 bits per heavy atom. The van der Waals surface area contributed by atoms with Crippen molar-refractivity contribution in [3.63, 3.8) is 0 Å². The normalized spacial score (nSPS) is 10.6. The number of hydrogen-bond donors (Lipinski definition) is 0. The molecule has 0 radical (unpaired) electrons. The topological polar surface area (TPSA) is 82.3 Å². The Balaban J connectivity index is 3.31. The number of rotatable bonds is 5. The lowest BCUT2D eigenvalue weighted by Crippen LogP contribution is -2.12. The second-order valence-electron chi connectivity index (χ2n) is 3.37. The zero-order valence-electron chi connectivity index (χ0n) is 9.73. The molecule has 0 aliphatic carbocycles. The van der Waals surface area contributed by atoms with Crippen molar-refractivity contribution in [3.8, 4) is 0 Å². The third-order valence-corrected chi connectivity index (χ3v) is 2.85. The molecule has 0 bridgehead atoms. The molecule has 0 saturated heterocycles. The largest absolute Gasteiger partial charge is 0.466 e. The van der Waals surface area contributed by atoms with Crippen LogP contribution in [-0.2, 0) is 16.0 Å². The summed E-state index contributed by atoms with van der Waals surface area (Å²) >= 11 is 2.91. The monoisotopic (exact) mass is 338 g/mol. The molecule has 0 N–H and O–H groups in total. The van der Waals surface area contributed by atoms with Gasteiger partial charge in [-0.1, -0.05) is 0 Å². The van der Waals surface area contributed by atoms with E-state index in [1.807, 2.05) is 0 Å². The molecule has 1 rings (SSSR count). The van der Waals surface area contributed by atoms with Crippen molar-refractivity contribution >= 4 is 27.6 Å². The quantitative estimate of drug-likeness (QED) is 0.357. The molecule has 0 unspecified atom stereocenters. The summed E-state index contributed by atoms with van der Waals surface area (Å²) in [5, 5.41) is 10.9. The van der Waals surface area contributed by atoms with Crippen LogP contribution >= 0.6 is 15.9 Å². The smallest absolute Gasteiger partial charge is 0.310 e. The van der Waals surface area contributed by atoms with Crippen molar-refractivity contribution in [2.24, 2.45) is 0 Å². The highest BCUT2D eigenvalue weighted by Gasteiger charge is 2.29. The molecule has 0 saturated carbocycles. The van der Waals surface area contributed by atoms with Crippen molar-refractivity contribution in [1.29, 1.82) is 0 Å². The van der Waals surface area contributed by atoms with Gasteiger partial charge in [0.1, 0.15) is 10.2 Å². The summed E-state index contributed by atoms with van der Waals surface area (Å²) in [6, 6.07) is 0. The number of nitrogens with zero attached hydrogens (tertiary/aromatic N) is 2. The number of hydrogen-bond acceptors (Lipinski definition) is 5. The van der Waals surface area contributed by atoms with E-state index < -0.39 is 35.0 Å². The van der Waals surface area contributed by atoms with Gasteiger partial charge in [-0.25, -0.2) is 13.8 Å². The number of ether oxygens (including phenoxy) is 1. The van der Waals surface area contributed by atoms with Crippen molar-refractivity contribution in [3.05, 3.63) is 32.0 Å². The maximum Gasteiger partial charge on any atom is 0.310 e. The molecule has 0 fully saturated rings. The summed E-state index contributed by atoms with van der Waals surface area (Å²) in [5.74, 6) is -0.750. The maximum absolute atomic E-state index is 12.7. The Hall–Kier alpha value is -1.64.